The smallest absolute Gasteiger partial charge is 0.306 e. The number of pyridine rings is 1. The highest BCUT2D eigenvalue weighted by molar-refractivity contribution is 7.98. The Labute approximate surface area is 202 Å². The molecule has 0 bridgehead atoms. The van der Waals surface area contributed by atoms with Gasteiger partial charge in [0.25, 0.3) is 15.9 Å². The molecule has 4 rings (SSSR count). The number of carbonyl (C=O) groups excluding carboxylic acids is 3. The first-order chi connectivity index (χ1) is 15.7. The van der Waals surface area contributed by atoms with Gasteiger partial charge < -0.3 is 5.32 Å². The van der Waals surface area contributed by atoms with Gasteiger partial charge in [-0.1, -0.05) is 17.7 Å². The number of aromatic nitrogens is 1. The van der Waals surface area contributed by atoms with Crippen LogP contribution in [0, 0.1) is 0 Å². The van der Waals surface area contributed by atoms with Gasteiger partial charge in [0, 0.05) is 10.5 Å². The van der Waals surface area contributed by atoms with Gasteiger partial charge in [0.05, 0.1) is 22.6 Å². The third-order valence-corrected chi connectivity index (χ3v) is 8.40. The number of nitrogens with one attached hydrogen (secondary N) is 2. The zero-order valence-corrected chi connectivity index (χ0v) is 20.1. The maximum Gasteiger partial charge on any atom is 0.333 e. The van der Waals surface area contributed by atoms with E-state index in [9.17, 15) is 22.8 Å². The predicted octanol–water partition coefficient (Wildman–Crippen LogP) is 3.76. The Balaban J connectivity index is 1.48. The number of fused-ring (bicyclic) bond motifs is 1. The first-order valence-corrected chi connectivity index (χ1v) is 13.2. The molecule has 3 aromatic rings. The fourth-order valence-electron chi connectivity index (χ4n) is 3.11. The highest BCUT2D eigenvalue weighted by Crippen LogP contribution is 2.28. The van der Waals surface area contributed by atoms with E-state index in [1.807, 2.05) is 17.0 Å². The molecule has 3 heterocycles. The van der Waals surface area contributed by atoms with Gasteiger partial charge in [-0.3, -0.25) is 9.59 Å². The van der Waals surface area contributed by atoms with E-state index in [1.165, 1.54) is 42.2 Å². The van der Waals surface area contributed by atoms with Crippen molar-refractivity contribution in [3.63, 3.8) is 0 Å². The van der Waals surface area contributed by atoms with Crippen molar-refractivity contribution < 1.29 is 22.8 Å². The van der Waals surface area contributed by atoms with Crippen LogP contribution < -0.4 is 14.9 Å². The summed E-state index contributed by atoms with van der Waals surface area (Å²) in [5, 5.41) is 2.35. The molecule has 0 spiro atoms. The van der Waals surface area contributed by atoms with Crippen molar-refractivity contribution in [2.75, 3.05) is 16.5 Å². The lowest BCUT2D eigenvalue weighted by Crippen LogP contribution is -2.43. The van der Waals surface area contributed by atoms with Gasteiger partial charge in [-0.2, -0.15) is 0 Å². The summed E-state index contributed by atoms with van der Waals surface area (Å²) in [6.45, 7) is 0. The number of sulfonamides is 1. The normalized spacial score (nSPS) is 13.6. The van der Waals surface area contributed by atoms with Crippen molar-refractivity contribution in [3.8, 4) is 0 Å². The lowest BCUT2D eigenvalue weighted by atomic mass is 9.98. The number of anilines is 2. The second kappa shape index (κ2) is 9.14. The number of thioether (sulfide) groups is 1. The van der Waals surface area contributed by atoms with Gasteiger partial charge in [0.1, 0.15) is 10.0 Å². The number of thiophene rings is 1. The molecule has 1 aromatic carbocycles. The van der Waals surface area contributed by atoms with Crippen molar-refractivity contribution in [2.24, 2.45) is 0 Å². The number of imide groups is 1. The number of rotatable bonds is 5. The van der Waals surface area contributed by atoms with Crippen LogP contribution in [0.1, 0.15) is 15.9 Å². The Kier molecular flexibility index (Phi) is 6.43. The standard InChI is InChI=1S/C20H15ClN4O5S3/c1-31-13-4-2-11-8-17(26)25(19(27)14(11)9-13)16-6-3-12(10-22-16)23-20(28)24-33(29,30)18-7-5-15(21)32-18/h2-7,9-10H,8H2,1H3,(H2,23,24,28). The zero-order chi connectivity index (χ0) is 23.8. The Bertz CT molecular complexity index is 1370. The Morgan fingerprint density at radius 2 is 1.97 bits per heavy atom. The number of urea groups is 1. The van der Waals surface area contributed by atoms with Crippen LogP contribution in [0.25, 0.3) is 0 Å². The second-order valence-corrected chi connectivity index (χ2v) is 11.3. The minimum absolute atomic E-state index is 0.0599. The molecule has 0 unspecified atom stereocenters. The maximum atomic E-state index is 13.0. The summed E-state index contributed by atoms with van der Waals surface area (Å²) < 4.78 is 26.4. The maximum absolute atomic E-state index is 13.0. The van der Waals surface area contributed by atoms with Crippen LogP contribution >= 0.6 is 34.7 Å². The summed E-state index contributed by atoms with van der Waals surface area (Å²) in [7, 11) is -4.08. The van der Waals surface area contributed by atoms with Gasteiger partial charge >= 0.3 is 6.03 Å². The van der Waals surface area contributed by atoms with E-state index in [0.717, 1.165) is 21.1 Å². The number of halogens is 1. The number of carbonyl (C=O) groups is 3. The van der Waals surface area contributed by atoms with Crippen molar-refractivity contribution in [1.82, 2.24) is 9.71 Å². The van der Waals surface area contributed by atoms with E-state index in [-0.39, 0.29) is 26.5 Å². The lowest BCUT2D eigenvalue weighted by Gasteiger charge is -2.26. The fourth-order valence-corrected chi connectivity index (χ4v) is 5.94. The molecule has 0 radical (unpaired) electrons. The van der Waals surface area contributed by atoms with Crippen molar-refractivity contribution in [2.45, 2.75) is 15.5 Å². The van der Waals surface area contributed by atoms with E-state index in [0.29, 0.717) is 11.1 Å². The van der Waals surface area contributed by atoms with Gasteiger partial charge in [-0.15, -0.1) is 23.1 Å². The zero-order valence-electron chi connectivity index (χ0n) is 16.9. The van der Waals surface area contributed by atoms with Crippen LogP contribution in [-0.2, 0) is 21.2 Å². The van der Waals surface area contributed by atoms with Crippen LogP contribution in [0.5, 0.6) is 0 Å². The van der Waals surface area contributed by atoms with Gasteiger partial charge in [-0.25, -0.2) is 27.8 Å². The molecule has 0 atom stereocenters. The summed E-state index contributed by atoms with van der Waals surface area (Å²) in [4.78, 5) is 43.6. The minimum atomic E-state index is -4.08. The van der Waals surface area contributed by atoms with E-state index >= 15 is 0 Å². The molecule has 0 saturated carbocycles. The van der Waals surface area contributed by atoms with Crippen LogP contribution in [0.4, 0.5) is 16.3 Å². The van der Waals surface area contributed by atoms with Gasteiger partial charge in [0.15, 0.2) is 0 Å². The van der Waals surface area contributed by atoms with Crippen molar-refractivity contribution >= 4 is 74.1 Å². The third kappa shape index (κ3) is 4.88. The van der Waals surface area contributed by atoms with Crippen LogP contribution in [-0.4, -0.2) is 37.5 Å². The molecular weight excluding hydrogens is 508 g/mol. The summed E-state index contributed by atoms with van der Waals surface area (Å²) in [5.41, 5.74) is 1.25. The number of nitrogens with zero attached hydrogens (tertiary/aromatic N) is 2. The first-order valence-electron chi connectivity index (χ1n) is 9.27. The topological polar surface area (TPSA) is 126 Å². The largest absolute Gasteiger partial charge is 0.333 e. The summed E-state index contributed by atoms with van der Waals surface area (Å²) in [6.07, 6.45) is 3.17. The molecule has 4 amide bonds. The molecule has 2 N–H and O–H groups in total. The monoisotopic (exact) mass is 522 g/mol. The quantitative estimate of drug-likeness (QED) is 0.386. The first kappa shape index (κ1) is 23.2. The summed E-state index contributed by atoms with van der Waals surface area (Å²) in [6, 6.07) is 9.85. The minimum Gasteiger partial charge on any atom is -0.306 e. The number of benzene rings is 1. The molecule has 0 fully saturated rings. The van der Waals surface area contributed by atoms with Crippen molar-refractivity contribution in [1.29, 1.82) is 0 Å². The molecule has 1 aliphatic heterocycles. The average Bonchev–Trinajstić information content (AvgIpc) is 3.22. The van der Waals surface area contributed by atoms with Crippen LogP contribution in [0.2, 0.25) is 4.34 Å². The van der Waals surface area contributed by atoms with E-state index in [1.54, 1.807) is 12.1 Å². The Hall–Kier alpha value is -2.93. The molecule has 1 aliphatic rings. The molecule has 13 heteroatoms. The predicted molar refractivity (Wildman–Crippen MR) is 127 cm³/mol. The van der Waals surface area contributed by atoms with E-state index in [4.69, 9.17) is 11.6 Å². The van der Waals surface area contributed by atoms with Gasteiger partial charge in [-0.05, 0) is 48.2 Å². The van der Waals surface area contributed by atoms with E-state index in [2.05, 4.69) is 10.3 Å². The molecular formula is C20H15ClN4O5S3. The summed E-state index contributed by atoms with van der Waals surface area (Å²) in [5.74, 6) is -0.808. The van der Waals surface area contributed by atoms with Crippen LogP contribution in [0.3, 0.4) is 0 Å². The molecule has 0 saturated heterocycles. The fraction of sp³-hybridized carbons (Fsp3) is 0.100. The highest BCUT2D eigenvalue weighted by Gasteiger charge is 2.33. The number of amides is 4. The van der Waals surface area contributed by atoms with E-state index < -0.39 is 27.9 Å². The summed E-state index contributed by atoms with van der Waals surface area (Å²) >= 11 is 8.04. The second-order valence-electron chi connectivity index (χ2n) is 6.76. The molecule has 33 heavy (non-hydrogen) atoms. The van der Waals surface area contributed by atoms with Gasteiger partial charge in [0.2, 0.25) is 5.91 Å². The SMILES string of the molecule is CSc1ccc2c(c1)C(=O)N(c1ccc(NC(=O)NS(=O)(=O)c3ccc(Cl)s3)cn1)C(=O)C2. The lowest BCUT2D eigenvalue weighted by molar-refractivity contribution is -0.117. The molecule has 0 aliphatic carbocycles. The highest BCUT2D eigenvalue weighted by atomic mass is 35.5. The molecule has 2 aromatic heterocycles. The number of hydrogen-bond donors (Lipinski definition) is 2. The number of hydrogen-bond acceptors (Lipinski definition) is 8. The third-order valence-electron chi connectivity index (χ3n) is 4.62. The molecule has 9 nitrogen and oxygen atoms in total. The molecule has 170 valence electrons. The Morgan fingerprint density at radius 3 is 2.61 bits per heavy atom. The Morgan fingerprint density at radius 1 is 1.18 bits per heavy atom. The average molecular weight is 523 g/mol. The van der Waals surface area contributed by atoms with Crippen LogP contribution in [0.15, 0.2) is 57.8 Å². The van der Waals surface area contributed by atoms with Crippen molar-refractivity contribution in [3.05, 3.63) is 64.1 Å².